The lowest BCUT2D eigenvalue weighted by Gasteiger charge is -2.13. The molecule has 0 radical (unpaired) electrons. The van der Waals surface area contributed by atoms with Crippen LogP contribution in [0.2, 0.25) is 0 Å². The molecule has 4 heteroatoms. The molecular formula is C17H22N2O2. The monoisotopic (exact) mass is 286 g/mol. The van der Waals surface area contributed by atoms with E-state index in [0.717, 1.165) is 18.0 Å². The van der Waals surface area contributed by atoms with Crippen LogP contribution in [0.25, 0.3) is 0 Å². The standard InChI is InChI=1S/C17H22N2O2/c1-3-18-13(2)14-6-8-15(9-7-14)19-17(20)11-10-16-5-4-12-21-16/h4-9,12-13,18H,3,10-11H2,1-2H3,(H,19,20). The van der Waals surface area contributed by atoms with Crippen molar-refractivity contribution in [3.05, 3.63) is 54.0 Å². The second kappa shape index (κ2) is 7.64. The van der Waals surface area contributed by atoms with Gasteiger partial charge in [0.05, 0.1) is 6.26 Å². The molecule has 0 fully saturated rings. The Morgan fingerprint density at radius 1 is 1.24 bits per heavy atom. The van der Waals surface area contributed by atoms with E-state index in [0.29, 0.717) is 18.9 Å². The predicted molar refractivity (Wildman–Crippen MR) is 84.2 cm³/mol. The fourth-order valence-electron chi connectivity index (χ4n) is 2.19. The van der Waals surface area contributed by atoms with Crippen molar-refractivity contribution in [1.29, 1.82) is 0 Å². The van der Waals surface area contributed by atoms with Crippen LogP contribution in [0.4, 0.5) is 5.69 Å². The van der Waals surface area contributed by atoms with Gasteiger partial charge in [0.25, 0.3) is 0 Å². The third-order valence-electron chi connectivity index (χ3n) is 3.38. The molecule has 0 saturated heterocycles. The molecule has 1 aromatic carbocycles. The number of carbonyl (C=O) groups is 1. The molecule has 0 aliphatic carbocycles. The maximum absolute atomic E-state index is 11.9. The lowest BCUT2D eigenvalue weighted by Crippen LogP contribution is -2.17. The van der Waals surface area contributed by atoms with Crippen molar-refractivity contribution in [3.8, 4) is 0 Å². The summed E-state index contributed by atoms with van der Waals surface area (Å²) in [6.45, 7) is 5.15. The molecule has 1 atom stereocenters. The molecule has 0 saturated carbocycles. The second-order valence-corrected chi connectivity index (χ2v) is 5.03. The van der Waals surface area contributed by atoms with Crippen molar-refractivity contribution >= 4 is 11.6 Å². The maximum Gasteiger partial charge on any atom is 0.224 e. The third-order valence-corrected chi connectivity index (χ3v) is 3.38. The molecule has 0 aliphatic heterocycles. The van der Waals surface area contributed by atoms with E-state index in [4.69, 9.17) is 4.42 Å². The van der Waals surface area contributed by atoms with Crippen LogP contribution >= 0.6 is 0 Å². The molecule has 21 heavy (non-hydrogen) atoms. The van der Waals surface area contributed by atoms with Crippen LogP contribution in [0.3, 0.4) is 0 Å². The number of hydrogen-bond acceptors (Lipinski definition) is 3. The largest absolute Gasteiger partial charge is 0.469 e. The van der Waals surface area contributed by atoms with E-state index in [9.17, 15) is 4.79 Å². The van der Waals surface area contributed by atoms with E-state index < -0.39 is 0 Å². The minimum Gasteiger partial charge on any atom is -0.469 e. The average Bonchev–Trinajstić information content (AvgIpc) is 2.99. The zero-order valence-corrected chi connectivity index (χ0v) is 12.6. The highest BCUT2D eigenvalue weighted by molar-refractivity contribution is 5.90. The van der Waals surface area contributed by atoms with Crippen LogP contribution in [0.5, 0.6) is 0 Å². The number of anilines is 1. The summed E-state index contributed by atoms with van der Waals surface area (Å²) >= 11 is 0. The van der Waals surface area contributed by atoms with Crippen molar-refractivity contribution in [1.82, 2.24) is 5.32 Å². The van der Waals surface area contributed by atoms with Gasteiger partial charge in [-0.05, 0) is 43.3 Å². The van der Waals surface area contributed by atoms with Crippen molar-refractivity contribution < 1.29 is 9.21 Å². The highest BCUT2D eigenvalue weighted by Crippen LogP contribution is 2.16. The second-order valence-electron chi connectivity index (χ2n) is 5.03. The van der Waals surface area contributed by atoms with Gasteiger partial charge in [-0.15, -0.1) is 0 Å². The van der Waals surface area contributed by atoms with Gasteiger partial charge in [-0.1, -0.05) is 19.1 Å². The van der Waals surface area contributed by atoms with E-state index in [-0.39, 0.29) is 5.91 Å². The van der Waals surface area contributed by atoms with Crippen LogP contribution in [0.15, 0.2) is 47.1 Å². The van der Waals surface area contributed by atoms with Gasteiger partial charge >= 0.3 is 0 Å². The van der Waals surface area contributed by atoms with E-state index in [1.54, 1.807) is 6.26 Å². The van der Waals surface area contributed by atoms with E-state index >= 15 is 0 Å². The Balaban J connectivity index is 1.83. The first-order valence-corrected chi connectivity index (χ1v) is 7.34. The zero-order chi connectivity index (χ0) is 15.1. The van der Waals surface area contributed by atoms with Gasteiger partial charge in [0, 0.05) is 24.6 Å². The Hall–Kier alpha value is -2.07. The molecule has 4 nitrogen and oxygen atoms in total. The molecule has 1 unspecified atom stereocenters. The summed E-state index contributed by atoms with van der Waals surface area (Å²) in [4.78, 5) is 11.9. The number of aryl methyl sites for hydroxylation is 1. The number of rotatable bonds is 7. The number of nitrogens with one attached hydrogen (secondary N) is 2. The van der Waals surface area contributed by atoms with Gasteiger partial charge in [0.1, 0.15) is 5.76 Å². The van der Waals surface area contributed by atoms with Gasteiger partial charge in [-0.3, -0.25) is 4.79 Å². The first-order chi connectivity index (χ1) is 10.2. The SMILES string of the molecule is CCNC(C)c1ccc(NC(=O)CCc2ccco2)cc1. The van der Waals surface area contributed by atoms with E-state index in [1.165, 1.54) is 5.56 Å². The van der Waals surface area contributed by atoms with Crippen LogP contribution in [-0.4, -0.2) is 12.5 Å². The van der Waals surface area contributed by atoms with Crippen molar-refractivity contribution in [2.24, 2.45) is 0 Å². The van der Waals surface area contributed by atoms with Crippen LogP contribution in [0, 0.1) is 0 Å². The van der Waals surface area contributed by atoms with Gasteiger partial charge in [-0.25, -0.2) is 0 Å². The molecule has 0 aliphatic rings. The smallest absolute Gasteiger partial charge is 0.224 e. The predicted octanol–water partition coefficient (Wildman–Crippen LogP) is 3.52. The molecule has 1 aromatic heterocycles. The normalized spacial score (nSPS) is 12.1. The molecule has 2 aromatic rings. The van der Waals surface area contributed by atoms with Gasteiger partial charge in [-0.2, -0.15) is 0 Å². The van der Waals surface area contributed by atoms with Gasteiger partial charge < -0.3 is 15.1 Å². The van der Waals surface area contributed by atoms with Crippen LogP contribution < -0.4 is 10.6 Å². The van der Waals surface area contributed by atoms with Gasteiger partial charge in [0.15, 0.2) is 0 Å². The maximum atomic E-state index is 11.9. The Labute approximate surface area is 125 Å². The summed E-state index contributed by atoms with van der Waals surface area (Å²) in [5.74, 6) is 0.832. The quantitative estimate of drug-likeness (QED) is 0.818. The fourth-order valence-corrected chi connectivity index (χ4v) is 2.19. The molecule has 2 rings (SSSR count). The highest BCUT2D eigenvalue weighted by atomic mass is 16.3. The minimum atomic E-state index is -0.00104. The van der Waals surface area contributed by atoms with Crippen LogP contribution in [-0.2, 0) is 11.2 Å². The first-order valence-electron chi connectivity index (χ1n) is 7.34. The van der Waals surface area contributed by atoms with E-state index in [1.807, 2.05) is 36.4 Å². The number of furan rings is 1. The lowest BCUT2D eigenvalue weighted by atomic mass is 10.1. The number of carbonyl (C=O) groups excluding carboxylic acids is 1. The summed E-state index contributed by atoms with van der Waals surface area (Å²) in [6.07, 6.45) is 2.66. The van der Waals surface area contributed by atoms with Gasteiger partial charge in [0.2, 0.25) is 5.91 Å². The molecule has 0 spiro atoms. The number of benzene rings is 1. The zero-order valence-electron chi connectivity index (χ0n) is 12.6. The minimum absolute atomic E-state index is 0.00104. The molecule has 2 N–H and O–H groups in total. The Morgan fingerprint density at radius 3 is 2.62 bits per heavy atom. The number of hydrogen-bond donors (Lipinski definition) is 2. The molecule has 1 amide bonds. The fraction of sp³-hybridized carbons (Fsp3) is 0.353. The Morgan fingerprint density at radius 2 is 2.00 bits per heavy atom. The topological polar surface area (TPSA) is 54.3 Å². The average molecular weight is 286 g/mol. The molecule has 1 heterocycles. The van der Waals surface area contributed by atoms with Crippen molar-refractivity contribution in [3.63, 3.8) is 0 Å². The summed E-state index contributed by atoms with van der Waals surface area (Å²) in [7, 11) is 0. The van der Waals surface area contributed by atoms with E-state index in [2.05, 4.69) is 24.5 Å². The molecule has 112 valence electrons. The molecule has 0 bridgehead atoms. The molecular weight excluding hydrogens is 264 g/mol. The Bertz CT molecular complexity index is 547. The number of amides is 1. The van der Waals surface area contributed by atoms with Crippen molar-refractivity contribution in [2.75, 3.05) is 11.9 Å². The van der Waals surface area contributed by atoms with Crippen LogP contribution in [0.1, 0.15) is 37.6 Å². The lowest BCUT2D eigenvalue weighted by molar-refractivity contribution is -0.116. The highest BCUT2D eigenvalue weighted by Gasteiger charge is 2.06. The summed E-state index contributed by atoms with van der Waals surface area (Å²) in [6, 6.07) is 12.0. The third kappa shape index (κ3) is 4.76. The summed E-state index contributed by atoms with van der Waals surface area (Å²) < 4.78 is 5.21. The first kappa shape index (κ1) is 15.3. The van der Waals surface area contributed by atoms with Crippen molar-refractivity contribution in [2.45, 2.75) is 32.7 Å². The summed E-state index contributed by atoms with van der Waals surface area (Å²) in [5.41, 5.74) is 2.04. The summed E-state index contributed by atoms with van der Waals surface area (Å²) in [5, 5.41) is 6.26. The Kier molecular flexibility index (Phi) is 5.58.